The highest BCUT2D eigenvalue weighted by molar-refractivity contribution is 9.10. The lowest BCUT2D eigenvalue weighted by molar-refractivity contribution is -0.121. The van der Waals surface area contributed by atoms with E-state index in [1.54, 1.807) is 23.9 Å². The number of carbonyl (C=O) groups excluding carboxylic acids is 1. The fourth-order valence-electron chi connectivity index (χ4n) is 1.42. The molecule has 1 aromatic carbocycles. The molecule has 0 spiro atoms. The topological polar surface area (TPSA) is 17.1 Å². The Morgan fingerprint density at radius 2 is 2.27 bits per heavy atom. The van der Waals surface area contributed by atoms with Crippen LogP contribution in [-0.2, 0) is 11.2 Å². The van der Waals surface area contributed by atoms with E-state index in [1.165, 1.54) is 6.07 Å². The van der Waals surface area contributed by atoms with Crippen molar-refractivity contribution in [3.8, 4) is 0 Å². The molecule has 15 heavy (non-hydrogen) atoms. The summed E-state index contributed by atoms with van der Waals surface area (Å²) in [6.07, 6.45) is 0.227. The van der Waals surface area contributed by atoms with Gasteiger partial charge in [0.15, 0.2) is 0 Å². The second kappa shape index (κ2) is 4.66. The van der Waals surface area contributed by atoms with Gasteiger partial charge in [0.2, 0.25) is 0 Å². The molecule has 1 aliphatic rings. The van der Waals surface area contributed by atoms with Crippen LogP contribution >= 0.6 is 27.7 Å². The van der Waals surface area contributed by atoms with E-state index in [0.29, 0.717) is 10.0 Å². The third kappa shape index (κ3) is 2.61. The Balaban J connectivity index is 2.06. The van der Waals surface area contributed by atoms with E-state index < -0.39 is 0 Å². The monoisotopic (exact) mass is 288 g/mol. The Kier molecular flexibility index (Phi) is 3.46. The first-order valence-electron chi connectivity index (χ1n) is 4.71. The summed E-state index contributed by atoms with van der Waals surface area (Å²) >= 11 is 4.96. The fraction of sp³-hybridized carbons (Fsp3) is 0.364. The van der Waals surface area contributed by atoms with Crippen LogP contribution in [0.1, 0.15) is 5.56 Å². The quantitative estimate of drug-likeness (QED) is 0.850. The van der Waals surface area contributed by atoms with Gasteiger partial charge >= 0.3 is 0 Å². The smallest absolute Gasteiger partial charge is 0.142 e. The van der Waals surface area contributed by atoms with Crippen LogP contribution < -0.4 is 0 Å². The number of rotatable bonds is 3. The minimum Gasteiger partial charge on any atom is -0.299 e. The lowest BCUT2D eigenvalue weighted by Crippen LogP contribution is -2.29. The van der Waals surface area contributed by atoms with Crippen molar-refractivity contribution in [3.05, 3.63) is 34.1 Å². The molecule has 0 atom stereocenters. The lowest BCUT2D eigenvalue weighted by Gasteiger charge is -2.23. The van der Waals surface area contributed by atoms with Gasteiger partial charge in [0.05, 0.1) is 0 Å². The molecule has 1 saturated heterocycles. The van der Waals surface area contributed by atoms with Crippen LogP contribution in [0.3, 0.4) is 0 Å². The van der Waals surface area contributed by atoms with Crippen LogP contribution in [-0.4, -0.2) is 17.3 Å². The van der Waals surface area contributed by atoms with Crippen LogP contribution in [0.25, 0.3) is 0 Å². The van der Waals surface area contributed by atoms with Crippen LogP contribution in [0.5, 0.6) is 0 Å². The standard InChI is InChI=1S/C11H10BrFOS/c12-9-2-1-7(10(13)4-9)3-11(14)8-5-15-6-8/h1-2,4,8H,3,5-6H2. The molecule has 1 fully saturated rings. The minimum atomic E-state index is -0.301. The molecule has 1 aromatic rings. The highest BCUT2D eigenvalue weighted by Crippen LogP contribution is 2.27. The maximum Gasteiger partial charge on any atom is 0.142 e. The molecule has 0 aliphatic carbocycles. The number of hydrogen-bond donors (Lipinski definition) is 0. The first-order chi connectivity index (χ1) is 7.16. The van der Waals surface area contributed by atoms with Crippen LogP contribution in [0.15, 0.2) is 22.7 Å². The van der Waals surface area contributed by atoms with Crippen LogP contribution in [0.2, 0.25) is 0 Å². The molecule has 0 N–H and O–H groups in total. The lowest BCUT2D eigenvalue weighted by atomic mass is 10.00. The van der Waals surface area contributed by atoms with E-state index in [0.717, 1.165) is 11.5 Å². The third-order valence-corrected chi connectivity index (χ3v) is 4.24. The van der Waals surface area contributed by atoms with Crippen LogP contribution in [0, 0.1) is 11.7 Å². The maximum absolute atomic E-state index is 13.4. The first kappa shape index (κ1) is 11.1. The Bertz CT molecular complexity index is 390. The molecule has 0 saturated carbocycles. The van der Waals surface area contributed by atoms with Gasteiger partial charge in [-0.15, -0.1) is 0 Å². The van der Waals surface area contributed by atoms with Crippen molar-refractivity contribution in [1.29, 1.82) is 0 Å². The van der Waals surface area contributed by atoms with Gasteiger partial charge in [-0.25, -0.2) is 4.39 Å². The van der Waals surface area contributed by atoms with E-state index in [-0.39, 0.29) is 23.9 Å². The molecule has 2 rings (SSSR count). The summed E-state index contributed by atoms with van der Waals surface area (Å²) in [4.78, 5) is 11.6. The largest absolute Gasteiger partial charge is 0.299 e. The zero-order valence-electron chi connectivity index (χ0n) is 8.00. The molecule has 0 unspecified atom stereocenters. The first-order valence-corrected chi connectivity index (χ1v) is 6.66. The summed E-state index contributed by atoms with van der Waals surface area (Å²) in [6, 6.07) is 4.84. The van der Waals surface area contributed by atoms with Crippen molar-refractivity contribution in [2.45, 2.75) is 6.42 Å². The highest BCUT2D eigenvalue weighted by atomic mass is 79.9. The summed E-state index contributed by atoms with van der Waals surface area (Å²) in [6.45, 7) is 0. The predicted molar refractivity (Wildman–Crippen MR) is 63.6 cm³/mol. The average molecular weight is 289 g/mol. The van der Waals surface area contributed by atoms with Gasteiger partial charge in [-0.3, -0.25) is 4.79 Å². The summed E-state index contributed by atoms with van der Waals surface area (Å²) in [5.74, 6) is 1.81. The van der Waals surface area contributed by atoms with E-state index in [4.69, 9.17) is 0 Å². The van der Waals surface area contributed by atoms with Gasteiger partial charge in [-0.05, 0) is 17.7 Å². The maximum atomic E-state index is 13.4. The Labute approximate surface area is 101 Å². The molecule has 0 aromatic heterocycles. The zero-order chi connectivity index (χ0) is 10.8. The zero-order valence-corrected chi connectivity index (χ0v) is 10.4. The van der Waals surface area contributed by atoms with E-state index in [9.17, 15) is 9.18 Å². The van der Waals surface area contributed by atoms with Crippen molar-refractivity contribution < 1.29 is 9.18 Å². The van der Waals surface area contributed by atoms with E-state index in [1.807, 2.05) is 0 Å². The van der Waals surface area contributed by atoms with Gasteiger partial charge in [0.1, 0.15) is 11.6 Å². The van der Waals surface area contributed by atoms with Crippen molar-refractivity contribution in [3.63, 3.8) is 0 Å². The van der Waals surface area contributed by atoms with Crippen molar-refractivity contribution in [2.75, 3.05) is 11.5 Å². The highest BCUT2D eigenvalue weighted by Gasteiger charge is 2.26. The number of hydrogen-bond acceptors (Lipinski definition) is 2. The molecular formula is C11H10BrFOS. The number of thioether (sulfide) groups is 1. The fourth-order valence-corrected chi connectivity index (χ4v) is 2.60. The molecule has 1 nitrogen and oxygen atoms in total. The Morgan fingerprint density at radius 1 is 1.53 bits per heavy atom. The number of Topliss-reactive ketones (excluding diaryl/α,β-unsaturated/α-hetero) is 1. The molecular weight excluding hydrogens is 279 g/mol. The molecule has 0 radical (unpaired) electrons. The van der Waals surface area contributed by atoms with E-state index in [2.05, 4.69) is 15.9 Å². The van der Waals surface area contributed by atoms with E-state index >= 15 is 0 Å². The second-order valence-corrected chi connectivity index (χ2v) is 5.60. The van der Waals surface area contributed by atoms with Gasteiger partial charge in [-0.1, -0.05) is 22.0 Å². The number of benzene rings is 1. The number of ketones is 1. The average Bonchev–Trinajstić information content (AvgIpc) is 2.07. The summed E-state index contributed by atoms with van der Waals surface area (Å²) in [5.41, 5.74) is 0.500. The molecule has 1 aliphatic heterocycles. The summed E-state index contributed by atoms with van der Waals surface area (Å²) in [7, 11) is 0. The van der Waals surface area contributed by atoms with Gasteiger partial charge in [-0.2, -0.15) is 11.8 Å². The summed E-state index contributed by atoms with van der Waals surface area (Å²) in [5, 5.41) is 0. The third-order valence-electron chi connectivity index (χ3n) is 2.47. The SMILES string of the molecule is O=C(Cc1ccc(Br)cc1F)C1CSC1. The molecule has 1 heterocycles. The number of carbonyl (C=O) groups is 1. The molecule has 0 bridgehead atoms. The van der Waals surface area contributed by atoms with Gasteiger partial charge in [0.25, 0.3) is 0 Å². The molecule has 80 valence electrons. The minimum absolute atomic E-state index is 0.151. The number of halogens is 2. The van der Waals surface area contributed by atoms with Crippen molar-refractivity contribution in [1.82, 2.24) is 0 Å². The second-order valence-electron chi connectivity index (χ2n) is 3.61. The van der Waals surface area contributed by atoms with Crippen LogP contribution in [0.4, 0.5) is 4.39 Å². The summed E-state index contributed by atoms with van der Waals surface area (Å²) < 4.78 is 14.1. The Hall–Kier alpha value is -0.350. The Morgan fingerprint density at radius 3 is 2.80 bits per heavy atom. The van der Waals surface area contributed by atoms with Gasteiger partial charge in [0, 0.05) is 28.3 Å². The molecule has 0 amide bonds. The van der Waals surface area contributed by atoms with Gasteiger partial charge < -0.3 is 0 Å². The van der Waals surface area contributed by atoms with Crippen molar-refractivity contribution in [2.24, 2.45) is 5.92 Å². The normalized spacial score (nSPS) is 16.1. The van der Waals surface area contributed by atoms with Crippen molar-refractivity contribution >= 4 is 33.5 Å². The predicted octanol–water partition coefficient (Wildman–Crippen LogP) is 3.06. The molecule has 4 heteroatoms.